The molecule has 0 amide bonds. The number of fused-ring (bicyclic) bond motifs is 2. The molecule has 0 aliphatic heterocycles. The highest BCUT2D eigenvalue weighted by Gasteiger charge is 2.28. The number of carboxylic acid groups (broad SMARTS) is 1. The largest absolute Gasteiger partial charge is 0.480 e. The molecule has 34 heavy (non-hydrogen) atoms. The third-order valence-corrected chi connectivity index (χ3v) is 5.79. The molecule has 0 saturated carbocycles. The van der Waals surface area contributed by atoms with Crippen LogP contribution in [0.1, 0.15) is 51.1 Å². The van der Waals surface area contributed by atoms with Crippen LogP contribution < -0.4 is 10.6 Å². The zero-order valence-corrected chi connectivity index (χ0v) is 18.2. The monoisotopic (exact) mass is 458 g/mol. The van der Waals surface area contributed by atoms with Crippen LogP contribution in [-0.4, -0.2) is 46.8 Å². The maximum absolute atomic E-state index is 12.1. The van der Waals surface area contributed by atoms with E-state index in [2.05, 4.69) is 10.6 Å². The number of Topliss-reactive ketones (excluding diaryl/α,β-unsaturated/α-hetero) is 2. The van der Waals surface area contributed by atoms with E-state index in [4.69, 9.17) is 0 Å². The molecule has 2 aromatic carbocycles. The fourth-order valence-corrected chi connectivity index (χ4v) is 4.05. The third kappa shape index (κ3) is 4.56. The van der Waals surface area contributed by atoms with Gasteiger partial charge in [-0.25, -0.2) is 4.79 Å². The van der Waals surface area contributed by atoms with Gasteiger partial charge in [-0.15, -0.1) is 0 Å². The standard InChI is InChI=1S/C26H22N2O6/c29-22-13-20(15-7-1-3-9-17(15)24(22)31)27-12-6-5-11-19(26(33)34)28-21-14-23(30)25(32)18-10-4-2-8-16(18)21/h1-4,7-10,13-14,19,27-28H,5-6,11-12H2,(H,33,34). The SMILES string of the molecule is O=C1C=C(NCCCCC(NC2=CC(=O)C(=O)c3ccccc32)C(=O)O)c2ccccc2C1=O. The molecule has 2 aromatic rings. The van der Waals surface area contributed by atoms with Crippen LogP contribution in [0.4, 0.5) is 0 Å². The molecular formula is C26H22N2O6. The van der Waals surface area contributed by atoms with Gasteiger partial charge >= 0.3 is 5.97 Å². The van der Waals surface area contributed by atoms with Crippen LogP contribution in [0.3, 0.4) is 0 Å². The van der Waals surface area contributed by atoms with E-state index in [0.29, 0.717) is 47.5 Å². The first-order valence-corrected chi connectivity index (χ1v) is 10.9. The zero-order chi connectivity index (χ0) is 24.2. The van der Waals surface area contributed by atoms with Gasteiger partial charge in [0, 0.05) is 52.3 Å². The third-order valence-electron chi connectivity index (χ3n) is 5.79. The van der Waals surface area contributed by atoms with Crippen LogP contribution in [-0.2, 0) is 14.4 Å². The van der Waals surface area contributed by atoms with Gasteiger partial charge in [-0.05, 0) is 19.3 Å². The second kappa shape index (κ2) is 9.66. The lowest BCUT2D eigenvalue weighted by Crippen LogP contribution is -2.37. The second-order valence-electron chi connectivity index (χ2n) is 8.05. The normalized spacial score (nSPS) is 15.6. The van der Waals surface area contributed by atoms with Crippen molar-refractivity contribution in [1.29, 1.82) is 0 Å². The van der Waals surface area contributed by atoms with Crippen molar-refractivity contribution >= 4 is 40.5 Å². The minimum atomic E-state index is -1.07. The van der Waals surface area contributed by atoms with Crippen molar-refractivity contribution in [2.75, 3.05) is 6.54 Å². The van der Waals surface area contributed by atoms with E-state index in [0.717, 1.165) is 6.08 Å². The van der Waals surface area contributed by atoms with Gasteiger partial charge in [0.05, 0.1) is 0 Å². The summed E-state index contributed by atoms with van der Waals surface area (Å²) in [5.74, 6) is -3.48. The number of benzene rings is 2. The number of carboxylic acids is 1. The maximum Gasteiger partial charge on any atom is 0.326 e. The van der Waals surface area contributed by atoms with E-state index in [9.17, 15) is 29.1 Å². The highest BCUT2D eigenvalue weighted by molar-refractivity contribution is 6.51. The summed E-state index contributed by atoms with van der Waals surface area (Å²) in [5, 5.41) is 15.7. The van der Waals surface area contributed by atoms with Gasteiger partial charge in [0.2, 0.25) is 23.1 Å². The molecule has 0 radical (unpaired) electrons. The van der Waals surface area contributed by atoms with Crippen molar-refractivity contribution in [1.82, 2.24) is 10.6 Å². The molecule has 2 aliphatic rings. The number of rotatable bonds is 9. The summed E-state index contributed by atoms with van der Waals surface area (Å²) in [6.07, 6.45) is 3.87. The summed E-state index contributed by atoms with van der Waals surface area (Å²) < 4.78 is 0. The molecule has 0 fully saturated rings. The average molecular weight is 458 g/mol. The smallest absolute Gasteiger partial charge is 0.326 e. The van der Waals surface area contributed by atoms with E-state index >= 15 is 0 Å². The number of hydrogen-bond acceptors (Lipinski definition) is 7. The number of nitrogens with one attached hydrogen (secondary N) is 2. The van der Waals surface area contributed by atoms with Gasteiger partial charge in [-0.1, -0.05) is 48.5 Å². The lowest BCUT2D eigenvalue weighted by molar-refractivity contribution is -0.139. The number of unbranched alkanes of at least 4 members (excludes halogenated alkanes) is 1. The molecule has 0 aromatic heterocycles. The van der Waals surface area contributed by atoms with Gasteiger partial charge in [-0.2, -0.15) is 0 Å². The lowest BCUT2D eigenvalue weighted by Gasteiger charge is -2.22. The molecule has 1 atom stereocenters. The first-order valence-electron chi connectivity index (χ1n) is 10.9. The molecule has 3 N–H and O–H groups in total. The maximum atomic E-state index is 12.1. The minimum absolute atomic E-state index is 0.250. The number of hydrogen-bond donors (Lipinski definition) is 3. The van der Waals surface area contributed by atoms with Crippen LogP contribution >= 0.6 is 0 Å². The minimum Gasteiger partial charge on any atom is -0.480 e. The molecule has 172 valence electrons. The molecule has 2 aliphatic carbocycles. The number of carbonyl (C=O) groups excluding carboxylic acids is 4. The number of aliphatic carboxylic acids is 1. The Hall–Kier alpha value is -4.33. The van der Waals surface area contributed by atoms with Gasteiger partial charge in [0.25, 0.3) is 0 Å². The van der Waals surface area contributed by atoms with Crippen LogP contribution in [0.25, 0.3) is 11.4 Å². The topological polar surface area (TPSA) is 130 Å². The van der Waals surface area contributed by atoms with Gasteiger partial charge in [-0.3, -0.25) is 19.2 Å². The molecule has 0 spiro atoms. The van der Waals surface area contributed by atoms with Crippen molar-refractivity contribution in [2.45, 2.75) is 25.3 Å². The van der Waals surface area contributed by atoms with Gasteiger partial charge in [0.1, 0.15) is 6.04 Å². The molecule has 1 unspecified atom stereocenters. The van der Waals surface area contributed by atoms with Gasteiger partial charge in [0.15, 0.2) is 0 Å². The van der Waals surface area contributed by atoms with Crippen LogP contribution in [0.2, 0.25) is 0 Å². The van der Waals surface area contributed by atoms with E-state index in [1.54, 1.807) is 48.5 Å². The van der Waals surface area contributed by atoms with Crippen LogP contribution in [0.5, 0.6) is 0 Å². The van der Waals surface area contributed by atoms with E-state index in [1.807, 2.05) is 0 Å². The van der Waals surface area contributed by atoms with Crippen LogP contribution in [0, 0.1) is 0 Å². The Bertz CT molecular complexity index is 1270. The predicted molar refractivity (Wildman–Crippen MR) is 124 cm³/mol. The summed E-state index contributed by atoms with van der Waals surface area (Å²) in [6, 6.07) is 12.5. The molecule has 0 saturated heterocycles. The Balaban J connectivity index is 1.35. The summed E-state index contributed by atoms with van der Waals surface area (Å²) in [4.78, 5) is 59.9. The number of ketones is 4. The summed E-state index contributed by atoms with van der Waals surface area (Å²) in [5.41, 5.74) is 2.67. The number of allylic oxidation sites excluding steroid dienone is 2. The average Bonchev–Trinajstić information content (AvgIpc) is 2.84. The second-order valence-corrected chi connectivity index (χ2v) is 8.05. The van der Waals surface area contributed by atoms with Gasteiger partial charge < -0.3 is 15.7 Å². The molecule has 8 heteroatoms. The first kappa shape index (κ1) is 22.8. The predicted octanol–water partition coefficient (Wildman–Crippen LogP) is 2.40. The Kier molecular flexibility index (Phi) is 6.49. The van der Waals surface area contributed by atoms with Crippen molar-refractivity contribution in [3.8, 4) is 0 Å². The summed E-state index contributed by atoms with van der Waals surface area (Å²) in [7, 11) is 0. The van der Waals surface area contributed by atoms with Crippen LogP contribution in [0.15, 0.2) is 60.7 Å². The van der Waals surface area contributed by atoms with E-state index in [-0.39, 0.29) is 12.0 Å². The Morgan fingerprint density at radius 1 is 0.735 bits per heavy atom. The molecule has 4 rings (SSSR count). The summed E-state index contributed by atoms with van der Waals surface area (Å²) in [6.45, 7) is 0.479. The fraction of sp³-hybridized carbons (Fsp3) is 0.192. The molecule has 0 heterocycles. The molecular weight excluding hydrogens is 436 g/mol. The molecule has 8 nitrogen and oxygen atoms in total. The Morgan fingerprint density at radius 2 is 1.24 bits per heavy atom. The van der Waals surface area contributed by atoms with Crippen molar-refractivity contribution < 1.29 is 29.1 Å². The number of carbonyl (C=O) groups is 5. The van der Waals surface area contributed by atoms with Crippen molar-refractivity contribution in [2.24, 2.45) is 0 Å². The van der Waals surface area contributed by atoms with E-state index < -0.39 is 35.1 Å². The highest BCUT2D eigenvalue weighted by Crippen LogP contribution is 2.25. The summed E-state index contributed by atoms with van der Waals surface area (Å²) >= 11 is 0. The molecule has 0 bridgehead atoms. The first-order chi connectivity index (χ1) is 16.4. The highest BCUT2D eigenvalue weighted by atomic mass is 16.4. The van der Waals surface area contributed by atoms with Crippen molar-refractivity contribution in [3.05, 3.63) is 82.9 Å². The lowest BCUT2D eigenvalue weighted by atomic mass is 9.92. The Morgan fingerprint density at radius 3 is 1.79 bits per heavy atom. The Labute approximate surface area is 195 Å². The fourth-order valence-electron chi connectivity index (χ4n) is 4.05. The quantitative estimate of drug-likeness (QED) is 0.386. The van der Waals surface area contributed by atoms with Crippen molar-refractivity contribution in [3.63, 3.8) is 0 Å². The van der Waals surface area contributed by atoms with E-state index in [1.165, 1.54) is 6.08 Å². The zero-order valence-electron chi connectivity index (χ0n) is 18.2.